The van der Waals surface area contributed by atoms with Crippen molar-refractivity contribution in [3.63, 3.8) is 0 Å². The predicted molar refractivity (Wildman–Crippen MR) is 131 cm³/mol. The Morgan fingerprint density at radius 2 is 1.62 bits per heavy atom. The highest BCUT2D eigenvalue weighted by molar-refractivity contribution is 6.46. The minimum Gasteiger partial charge on any atom is -0.507 e. The Hall–Kier alpha value is -3.90. The summed E-state index contributed by atoms with van der Waals surface area (Å²) in [6.45, 7) is 1.33. The fourth-order valence-electron chi connectivity index (χ4n) is 4.03. The number of benzene rings is 3. The first kappa shape index (κ1) is 23.3. The molecule has 1 saturated heterocycles. The molecule has 4 rings (SSSR count). The van der Waals surface area contributed by atoms with Crippen LogP contribution in [0.3, 0.4) is 0 Å². The van der Waals surface area contributed by atoms with Crippen molar-refractivity contribution >= 4 is 17.4 Å². The molecule has 6 heteroatoms. The average Bonchev–Trinajstić information content (AvgIpc) is 3.12. The zero-order chi connectivity index (χ0) is 24.1. The number of likely N-dealkylation sites (tertiary alicyclic amines) is 1. The minimum absolute atomic E-state index is 0.0927. The molecular formula is C28H28N2O4. The van der Waals surface area contributed by atoms with Gasteiger partial charge in [0.2, 0.25) is 0 Å². The van der Waals surface area contributed by atoms with E-state index in [4.69, 9.17) is 4.74 Å². The van der Waals surface area contributed by atoms with Gasteiger partial charge in [-0.1, -0.05) is 72.8 Å². The number of amides is 1. The molecule has 3 aromatic rings. The number of rotatable bonds is 8. The lowest BCUT2D eigenvalue weighted by Crippen LogP contribution is -2.35. The zero-order valence-electron chi connectivity index (χ0n) is 19.3. The molecule has 174 valence electrons. The summed E-state index contributed by atoms with van der Waals surface area (Å²) in [5.41, 5.74) is 2.33. The first-order chi connectivity index (χ1) is 16.5. The van der Waals surface area contributed by atoms with Crippen molar-refractivity contribution in [2.24, 2.45) is 0 Å². The van der Waals surface area contributed by atoms with Crippen LogP contribution in [0.15, 0.2) is 90.5 Å². The lowest BCUT2D eigenvalue weighted by Gasteiger charge is -2.27. The smallest absolute Gasteiger partial charge is 0.295 e. The van der Waals surface area contributed by atoms with Gasteiger partial charge in [0, 0.05) is 18.7 Å². The standard InChI is InChI=1S/C28H28N2O4/c1-29(2)16-17-30-25(24(27(32)28(30)33)26(31)21-12-7-4-8-13-21)22-14-9-15-23(18-22)34-19-20-10-5-3-6-11-20/h3-15,18,25,31H,16-17,19H2,1-2H3/b26-24+. The van der Waals surface area contributed by atoms with E-state index in [1.807, 2.05) is 79.7 Å². The van der Waals surface area contributed by atoms with Gasteiger partial charge in [0.25, 0.3) is 11.7 Å². The van der Waals surface area contributed by atoms with Crippen molar-refractivity contribution in [1.29, 1.82) is 0 Å². The Morgan fingerprint density at radius 1 is 0.941 bits per heavy atom. The van der Waals surface area contributed by atoms with Crippen molar-refractivity contribution in [1.82, 2.24) is 9.80 Å². The molecule has 0 radical (unpaired) electrons. The van der Waals surface area contributed by atoms with Crippen molar-refractivity contribution in [3.8, 4) is 5.75 Å². The third-order valence-electron chi connectivity index (χ3n) is 5.80. The third-order valence-corrected chi connectivity index (χ3v) is 5.80. The van der Waals surface area contributed by atoms with Crippen LogP contribution in [-0.2, 0) is 16.2 Å². The molecule has 1 aliphatic rings. The molecule has 34 heavy (non-hydrogen) atoms. The van der Waals surface area contributed by atoms with Crippen molar-refractivity contribution in [2.45, 2.75) is 12.6 Å². The molecule has 0 aliphatic carbocycles. The second kappa shape index (κ2) is 10.4. The Kier molecular flexibility index (Phi) is 7.09. The number of aliphatic hydroxyl groups excluding tert-OH is 1. The van der Waals surface area contributed by atoms with E-state index in [0.717, 1.165) is 5.56 Å². The van der Waals surface area contributed by atoms with E-state index < -0.39 is 17.7 Å². The number of nitrogens with zero attached hydrogens (tertiary/aromatic N) is 2. The maximum atomic E-state index is 13.1. The van der Waals surface area contributed by atoms with Gasteiger partial charge in [-0.15, -0.1) is 0 Å². The fraction of sp³-hybridized carbons (Fsp3) is 0.214. The normalized spacial score (nSPS) is 17.4. The molecule has 1 amide bonds. The van der Waals surface area contributed by atoms with Crippen LogP contribution >= 0.6 is 0 Å². The maximum Gasteiger partial charge on any atom is 0.295 e. The van der Waals surface area contributed by atoms with Gasteiger partial charge in [-0.2, -0.15) is 0 Å². The van der Waals surface area contributed by atoms with Gasteiger partial charge >= 0.3 is 0 Å². The van der Waals surface area contributed by atoms with Crippen molar-refractivity contribution in [2.75, 3.05) is 27.2 Å². The number of hydrogen-bond donors (Lipinski definition) is 1. The second-order valence-corrected chi connectivity index (χ2v) is 8.51. The van der Waals surface area contributed by atoms with Gasteiger partial charge in [0.15, 0.2) is 0 Å². The molecule has 0 spiro atoms. The van der Waals surface area contributed by atoms with Gasteiger partial charge in [-0.25, -0.2) is 0 Å². The summed E-state index contributed by atoms with van der Waals surface area (Å²) in [6.07, 6.45) is 0. The van der Waals surface area contributed by atoms with E-state index in [-0.39, 0.29) is 11.3 Å². The predicted octanol–water partition coefficient (Wildman–Crippen LogP) is 4.25. The first-order valence-corrected chi connectivity index (χ1v) is 11.2. The lowest BCUT2D eigenvalue weighted by molar-refractivity contribution is -0.140. The molecule has 1 unspecified atom stereocenters. The summed E-state index contributed by atoms with van der Waals surface area (Å²) in [6, 6.07) is 25.3. The van der Waals surface area contributed by atoms with Crippen molar-refractivity contribution < 1.29 is 19.4 Å². The van der Waals surface area contributed by atoms with Gasteiger partial charge in [-0.3, -0.25) is 9.59 Å². The molecular weight excluding hydrogens is 428 g/mol. The van der Waals surface area contributed by atoms with Crippen LogP contribution in [-0.4, -0.2) is 53.8 Å². The molecule has 3 aromatic carbocycles. The van der Waals surface area contributed by atoms with E-state index in [0.29, 0.717) is 36.6 Å². The highest BCUT2D eigenvalue weighted by Crippen LogP contribution is 2.40. The SMILES string of the molecule is CN(C)CCN1C(=O)C(=O)/C(=C(/O)c2ccccc2)C1c1cccc(OCc2ccccc2)c1. The largest absolute Gasteiger partial charge is 0.507 e. The van der Waals surface area contributed by atoms with E-state index in [1.165, 1.54) is 4.90 Å². The Balaban J connectivity index is 1.72. The molecule has 1 atom stereocenters. The number of aliphatic hydroxyl groups is 1. The monoisotopic (exact) mass is 456 g/mol. The van der Waals surface area contributed by atoms with Crippen molar-refractivity contribution in [3.05, 3.63) is 107 Å². The Bertz CT molecular complexity index is 1190. The van der Waals surface area contributed by atoms with Crippen LogP contribution in [0, 0.1) is 0 Å². The Morgan fingerprint density at radius 3 is 2.29 bits per heavy atom. The molecule has 1 N–H and O–H groups in total. The summed E-state index contributed by atoms with van der Waals surface area (Å²) in [5, 5.41) is 11.1. The molecule has 1 heterocycles. The van der Waals surface area contributed by atoms with E-state index in [9.17, 15) is 14.7 Å². The lowest BCUT2D eigenvalue weighted by atomic mass is 9.95. The van der Waals surface area contributed by atoms with Crippen LogP contribution in [0.4, 0.5) is 0 Å². The second-order valence-electron chi connectivity index (χ2n) is 8.51. The van der Waals surface area contributed by atoms with Crippen LogP contribution in [0.25, 0.3) is 5.76 Å². The highest BCUT2D eigenvalue weighted by Gasteiger charge is 2.46. The van der Waals surface area contributed by atoms with Crippen LogP contribution in [0.1, 0.15) is 22.7 Å². The zero-order valence-corrected chi connectivity index (χ0v) is 19.3. The van der Waals surface area contributed by atoms with Crippen LogP contribution in [0.5, 0.6) is 5.75 Å². The highest BCUT2D eigenvalue weighted by atomic mass is 16.5. The minimum atomic E-state index is -0.708. The number of carbonyl (C=O) groups is 2. The van der Waals surface area contributed by atoms with Crippen LogP contribution < -0.4 is 4.74 Å². The topological polar surface area (TPSA) is 70.1 Å². The summed E-state index contributed by atoms with van der Waals surface area (Å²) in [4.78, 5) is 29.6. The van der Waals surface area contributed by atoms with Gasteiger partial charge in [0.05, 0.1) is 11.6 Å². The Labute approximate surface area is 199 Å². The number of hydrogen-bond acceptors (Lipinski definition) is 5. The molecule has 1 aliphatic heterocycles. The average molecular weight is 457 g/mol. The van der Waals surface area contributed by atoms with E-state index >= 15 is 0 Å². The number of carbonyl (C=O) groups excluding carboxylic acids is 2. The van der Waals surface area contributed by atoms with Crippen LogP contribution in [0.2, 0.25) is 0 Å². The van der Waals surface area contributed by atoms with Gasteiger partial charge < -0.3 is 19.6 Å². The van der Waals surface area contributed by atoms with E-state index in [1.54, 1.807) is 24.3 Å². The molecule has 0 aromatic heterocycles. The molecule has 0 saturated carbocycles. The summed E-state index contributed by atoms with van der Waals surface area (Å²) < 4.78 is 5.98. The van der Waals surface area contributed by atoms with Gasteiger partial charge in [0.1, 0.15) is 18.1 Å². The summed E-state index contributed by atoms with van der Waals surface area (Å²) in [7, 11) is 3.82. The molecule has 0 bridgehead atoms. The number of Topliss-reactive ketones (excluding diaryl/α,β-unsaturated/α-hetero) is 1. The van der Waals surface area contributed by atoms with E-state index in [2.05, 4.69) is 0 Å². The van der Waals surface area contributed by atoms with Gasteiger partial charge in [-0.05, 0) is 37.4 Å². The molecule has 6 nitrogen and oxygen atoms in total. The third kappa shape index (κ3) is 5.02. The molecule has 1 fully saturated rings. The quantitative estimate of drug-likeness (QED) is 0.312. The fourth-order valence-corrected chi connectivity index (χ4v) is 4.03. The summed E-state index contributed by atoms with van der Waals surface area (Å²) >= 11 is 0. The number of ether oxygens (including phenoxy) is 1. The number of likely N-dealkylation sites (N-methyl/N-ethyl adjacent to an activating group) is 1. The maximum absolute atomic E-state index is 13.1. The first-order valence-electron chi connectivity index (χ1n) is 11.2. The number of ketones is 1. The summed E-state index contributed by atoms with van der Waals surface area (Å²) in [5.74, 6) is -0.841.